The Kier molecular flexibility index (Phi) is 5.31. The maximum atomic E-state index is 12.8. The summed E-state index contributed by atoms with van der Waals surface area (Å²) in [4.78, 5) is 38.1. The fraction of sp³-hybridized carbons (Fsp3) is 0.280. The summed E-state index contributed by atoms with van der Waals surface area (Å²) >= 11 is 0. The molecule has 2 N–H and O–H groups in total. The van der Waals surface area contributed by atoms with Crippen LogP contribution in [-0.4, -0.2) is 51.8 Å². The number of carbonyl (C=O) groups excluding carboxylic acids is 2. The minimum atomic E-state index is -1.30. The molecule has 9 nitrogen and oxygen atoms in total. The number of ether oxygens (including phenoxy) is 1. The Morgan fingerprint density at radius 3 is 2.44 bits per heavy atom. The van der Waals surface area contributed by atoms with Gasteiger partial charge in [0.2, 0.25) is 5.88 Å². The van der Waals surface area contributed by atoms with Gasteiger partial charge in [-0.1, -0.05) is 53.7 Å². The predicted molar refractivity (Wildman–Crippen MR) is 122 cm³/mol. The predicted octanol–water partition coefficient (Wildman–Crippen LogP) is 4.11. The zero-order valence-corrected chi connectivity index (χ0v) is 18.5. The molecule has 2 heterocycles. The first-order valence-electron chi connectivity index (χ1n) is 11.0. The number of amides is 2. The number of aliphatic carboxylic acids is 1. The summed E-state index contributed by atoms with van der Waals surface area (Å²) in [6.45, 7) is 1.95. The highest BCUT2D eigenvalue weighted by Crippen LogP contribution is 2.44. The molecule has 1 atom stereocenters. The van der Waals surface area contributed by atoms with Crippen molar-refractivity contribution in [1.29, 1.82) is 0 Å². The number of anilines is 1. The zero-order valence-electron chi connectivity index (χ0n) is 18.5. The molecule has 1 aromatic heterocycles. The Hall–Kier alpha value is -4.14. The van der Waals surface area contributed by atoms with Gasteiger partial charge in [-0.15, -0.1) is 0 Å². The van der Waals surface area contributed by atoms with Gasteiger partial charge in [0.15, 0.2) is 5.69 Å². The van der Waals surface area contributed by atoms with Crippen LogP contribution in [0.2, 0.25) is 0 Å². The lowest BCUT2D eigenvalue weighted by atomic mass is 9.98. The number of carbonyl (C=O) groups is 3. The molecule has 2 aliphatic rings. The second-order valence-corrected chi connectivity index (χ2v) is 8.67. The van der Waals surface area contributed by atoms with Gasteiger partial charge in [-0.3, -0.25) is 10.1 Å². The minimum absolute atomic E-state index is 0.0585. The highest BCUT2D eigenvalue weighted by molar-refractivity contribution is 5.97. The first-order chi connectivity index (χ1) is 16.4. The summed E-state index contributed by atoms with van der Waals surface area (Å²) in [5.41, 5.74) is 3.06. The zero-order chi connectivity index (χ0) is 23.9. The van der Waals surface area contributed by atoms with E-state index in [4.69, 9.17) is 9.26 Å². The lowest BCUT2D eigenvalue weighted by molar-refractivity contribution is -0.147. The van der Waals surface area contributed by atoms with E-state index in [0.29, 0.717) is 19.4 Å². The Balaban J connectivity index is 1.24. The molecular formula is C25H23N3O6. The fourth-order valence-electron chi connectivity index (χ4n) is 4.82. The standard InChI is InChI=1S/C25H23N3O6/c1-25(23(30)31)11-6-12-28(25)22(29)20-13-21(34-27-20)26-24(32)33-14-19-17-9-4-2-7-15(17)16-8-3-5-10-18(16)19/h2-5,7-10,13,19H,6,11-12,14H2,1H3,(H,26,32)(H,30,31)/t25-/m1/s1. The number of hydrogen-bond donors (Lipinski definition) is 2. The van der Waals surface area contributed by atoms with E-state index in [1.165, 1.54) is 17.9 Å². The van der Waals surface area contributed by atoms with Crippen LogP contribution in [0.25, 0.3) is 11.1 Å². The molecule has 0 unspecified atom stereocenters. The third kappa shape index (κ3) is 3.59. The van der Waals surface area contributed by atoms with Gasteiger partial charge < -0.3 is 19.3 Å². The summed E-state index contributed by atoms with van der Waals surface area (Å²) in [7, 11) is 0. The quantitative estimate of drug-likeness (QED) is 0.586. The molecule has 1 aliphatic carbocycles. The summed E-state index contributed by atoms with van der Waals surface area (Å²) in [6.07, 6.45) is 0.196. The largest absolute Gasteiger partial charge is 0.480 e. The van der Waals surface area contributed by atoms with E-state index in [2.05, 4.69) is 22.6 Å². The van der Waals surface area contributed by atoms with Crippen molar-refractivity contribution in [2.45, 2.75) is 31.2 Å². The molecule has 174 valence electrons. The van der Waals surface area contributed by atoms with Crippen LogP contribution in [0.5, 0.6) is 0 Å². The van der Waals surface area contributed by atoms with Crippen LogP contribution in [0.15, 0.2) is 59.1 Å². The van der Waals surface area contributed by atoms with Crippen LogP contribution in [-0.2, 0) is 9.53 Å². The lowest BCUT2D eigenvalue weighted by Gasteiger charge is -2.30. The molecule has 0 radical (unpaired) electrons. The fourth-order valence-corrected chi connectivity index (χ4v) is 4.82. The van der Waals surface area contributed by atoms with Crippen molar-refractivity contribution in [3.05, 3.63) is 71.4 Å². The first kappa shape index (κ1) is 21.7. The number of rotatable bonds is 5. The van der Waals surface area contributed by atoms with Crippen LogP contribution >= 0.6 is 0 Å². The molecule has 3 aromatic rings. The molecule has 1 fully saturated rings. The average Bonchev–Trinajstić information content (AvgIpc) is 3.54. The third-order valence-electron chi connectivity index (χ3n) is 6.65. The molecule has 0 saturated carbocycles. The minimum Gasteiger partial charge on any atom is -0.480 e. The number of fused-ring (bicyclic) bond motifs is 3. The van der Waals surface area contributed by atoms with E-state index < -0.39 is 23.5 Å². The number of nitrogens with one attached hydrogen (secondary N) is 1. The van der Waals surface area contributed by atoms with Crippen LogP contribution in [0.1, 0.15) is 47.3 Å². The van der Waals surface area contributed by atoms with E-state index in [1.54, 1.807) is 0 Å². The molecule has 2 amide bonds. The Morgan fingerprint density at radius 2 is 1.79 bits per heavy atom. The first-order valence-corrected chi connectivity index (χ1v) is 11.0. The number of likely N-dealkylation sites (tertiary alicyclic amines) is 1. The van der Waals surface area contributed by atoms with Gasteiger partial charge in [-0.05, 0) is 42.0 Å². The topological polar surface area (TPSA) is 122 Å². The van der Waals surface area contributed by atoms with Gasteiger partial charge in [0.05, 0.1) is 0 Å². The van der Waals surface area contributed by atoms with E-state index in [-0.39, 0.29) is 24.1 Å². The number of benzene rings is 2. The van der Waals surface area contributed by atoms with Crippen molar-refractivity contribution in [2.75, 3.05) is 18.5 Å². The van der Waals surface area contributed by atoms with Crippen molar-refractivity contribution in [1.82, 2.24) is 10.1 Å². The molecule has 0 spiro atoms. The lowest BCUT2D eigenvalue weighted by Crippen LogP contribution is -2.50. The maximum Gasteiger partial charge on any atom is 0.414 e. The van der Waals surface area contributed by atoms with Crippen molar-refractivity contribution in [3.63, 3.8) is 0 Å². The Bertz CT molecular complexity index is 1240. The van der Waals surface area contributed by atoms with E-state index in [9.17, 15) is 19.5 Å². The van der Waals surface area contributed by atoms with Gasteiger partial charge in [0, 0.05) is 18.5 Å². The molecular weight excluding hydrogens is 438 g/mol. The average molecular weight is 461 g/mol. The highest BCUT2D eigenvalue weighted by Gasteiger charge is 2.46. The summed E-state index contributed by atoms with van der Waals surface area (Å²) in [6, 6.07) is 17.3. The Labute approximate surface area is 195 Å². The summed E-state index contributed by atoms with van der Waals surface area (Å²) in [5.74, 6) is -1.78. The van der Waals surface area contributed by atoms with E-state index in [1.807, 2.05) is 36.4 Å². The van der Waals surface area contributed by atoms with Crippen molar-refractivity contribution in [3.8, 4) is 11.1 Å². The number of carboxylic acid groups (broad SMARTS) is 1. The van der Waals surface area contributed by atoms with Crippen LogP contribution < -0.4 is 5.32 Å². The smallest absolute Gasteiger partial charge is 0.414 e. The van der Waals surface area contributed by atoms with Gasteiger partial charge in [0.25, 0.3) is 5.91 Å². The van der Waals surface area contributed by atoms with Crippen LogP contribution in [0.4, 0.5) is 10.7 Å². The Morgan fingerprint density at radius 1 is 1.15 bits per heavy atom. The molecule has 9 heteroatoms. The molecule has 0 bridgehead atoms. The van der Waals surface area contributed by atoms with E-state index >= 15 is 0 Å². The maximum absolute atomic E-state index is 12.8. The molecule has 1 aliphatic heterocycles. The number of nitrogens with zero attached hydrogens (tertiary/aromatic N) is 2. The van der Waals surface area contributed by atoms with Crippen molar-refractivity contribution < 1.29 is 28.8 Å². The third-order valence-corrected chi connectivity index (χ3v) is 6.65. The van der Waals surface area contributed by atoms with Gasteiger partial charge in [0.1, 0.15) is 12.1 Å². The van der Waals surface area contributed by atoms with Gasteiger partial charge in [-0.2, -0.15) is 0 Å². The molecule has 1 saturated heterocycles. The second kappa shape index (κ2) is 8.33. The molecule has 34 heavy (non-hydrogen) atoms. The van der Waals surface area contributed by atoms with Crippen molar-refractivity contribution in [2.24, 2.45) is 0 Å². The van der Waals surface area contributed by atoms with Crippen molar-refractivity contribution >= 4 is 23.9 Å². The van der Waals surface area contributed by atoms with Gasteiger partial charge >= 0.3 is 12.1 Å². The van der Waals surface area contributed by atoms with Crippen LogP contribution in [0.3, 0.4) is 0 Å². The van der Waals surface area contributed by atoms with Gasteiger partial charge in [-0.25, -0.2) is 9.59 Å². The number of carboxylic acids is 1. The monoisotopic (exact) mass is 461 g/mol. The normalized spacial score (nSPS) is 18.9. The van der Waals surface area contributed by atoms with Crippen LogP contribution in [0, 0.1) is 0 Å². The molecule has 5 rings (SSSR count). The SMILES string of the molecule is C[C@]1(C(=O)O)CCCN1C(=O)c1cc(NC(=O)OCC2c3ccccc3-c3ccccc32)on1. The number of hydrogen-bond acceptors (Lipinski definition) is 6. The highest BCUT2D eigenvalue weighted by atomic mass is 16.6. The number of aromatic nitrogens is 1. The summed E-state index contributed by atoms with van der Waals surface area (Å²) < 4.78 is 10.5. The second-order valence-electron chi connectivity index (χ2n) is 8.67. The summed E-state index contributed by atoms with van der Waals surface area (Å²) in [5, 5.41) is 15.7. The van der Waals surface area contributed by atoms with E-state index in [0.717, 1.165) is 22.3 Å². The molecule has 2 aromatic carbocycles.